The number of furan rings is 2. The van der Waals surface area contributed by atoms with Gasteiger partial charge in [0.25, 0.3) is 0 Å². The summed E-state index contributed by atoms with van der Waals surface area (Å²) in [6, 6.07) is 13.1. The molecule has 2 saturated carbocycles. The van der Waals surface area contributed by atoms with Gasteiger partial charge in [0.05, 0.1) is 33.9 Å². The fourth-order valence-corrected chi connectivity index (χ4v) is 10.5. The van der Waals surface area contributed by atoms with Crippen LogP contribution in [0.1, 0.15) is 91.4 Å². The lowest BCUT2D eigenvalue weighted by atomic mass is 10.0. The maximum Gasteiger partial charge on any atom is 0.244 e. The van der Waals surface area contributed by atoms with Crippen LogP contribution in [0.4, 0.5) is 20.2 Å². The molecule has 68 heavy (non-hydrogen) atoms. The number of pyridine rings is 1. The number of hydrogen-bond acceptors (Lipinski definition) is 12. The number of nitrogens with one attached hydrogen (secondary N) is 5. The number of carbonyl (C=O) groups excluding carboxylic acids is 4. The van der Waals surface area contributed by atoms with E-state index in [0.29, 0.717) is 74.1 Å². The van der Waals surface area contributed by atoms with Crippen molar-refractivity contribution in [3.8, 4) is 12.1 Å². The molecule has 10 rings (SSSR count). The summed E-state index contributed by atoms with van der Waals surface area (Å²) in [4.78, 5) is 62.4. The summed E-state index contributed by atoms with van der Waals surface area (Å²) < 4.78 is 40.5. The highest BCUT2D eigenvalue weighted by Crippen LogP contribution is 2.52. The highest BCUT2D eigenvalue weighted by atomic mass is 32.1. The molecule has 5 N–H and O–H groups in total. The van der Waals surface area contributed by atoms with Crippen LogP contribution in [0.3, 0.4) is 0 Å². The summed E-state index contributed by atoms with van der Waals surface area (Å²) in [7, 11) is 0. The summed E-state index contributed by atoms with van der Waals surface area (Å²) in [5.41, 5.74) is 4.58. The fraction of sp³-hybridized carbons (Fsp3) is 0.360. The van der Waals surface area contributed by atoms with E-state index in [1.54, 1.807) is 66.0 Å². The molecule has 15 nitrogen and oxygen atoms in total. The van der Waals surface area contributed by atoms with Crippen molar-refractivity contribution in [2.24, 2.45) is 11.8 Å². The number of benzene rings is 3. The van der Waals surface area contributed by atoms with Crippen LogP contribution in [0, 0.1) is 46.1 Å². The molecule has 2 bridgehead atoms. The van der Waals surface area contributed by atoms with Gasteiger partial charge >= 0.3 is 0 Å². The van der Waals surface area contributed by atoms with Crippen molar-refractivity contribution in [2.45, 2.75) is 100 Å². The molecule has 8 atom stereocenters. The highest BCUT2D eigenvalue weighted by Gasteiger charge is 2.45. The number of hydrogen-bond donors (Lipinski definition) is 5. The van der Waals surface area contributed by atoms with Gasteiger partial charge in [-0.1, -0.05) is 50.1 Å². The number of carbonyl (C=O) groups is 4. The van der Waals surface area contributed by atoms with Crippen LogP contribution < -0.4 is 31.5 Å². The van der Waals surface area contributed by atoms with Gasteiger partial charge < -0.3 is 35.9 Å². The highest BCUT2D eigenvalue weighted by molar-refractivity contribution is 7.13. The summed E-state index contributed by atoms with van der Waals surface area (Å²) in [5, 5.41) is 35.7. The Bertz CT molecular complexity index is 3060. The molecule has 4 aliphatic rings. The van der Waals surface area contributed by atoms with Crippen molar-refractivity contribution in [3.63, 3.8) is 0 Å². The van der Waals surface area contributed by atoms with E-state index in [1.165, 1.54) is 23.7 Å². The Labute approximate surface area is 393 Å². The largest absolute Gasteiger partial charge is 0.457 e. The molecule has 2 aliphatic heterocycles. The molecule has 0 radical (unpaired) electrons. The van der Waals surface area contributed by atoms with Crippen molar-refractivity contribution in [1.82, 2.24) is 30.6 Å². The zero-order valence-corrected chi connectivity index (χ0v) is 37.6. The quantitative estimate of drug-likeness (QED) is 0.0636. The maximum absolute atomic E-state index is 15.2. The van der Waals surface area contributed by atoms with E-state index in [4.69, 9.17) is 9.40 Å². The fourth-order valence-electron chi connectivity index (χ4n) is 9.70. The molecule has 0 spiro atoms. The van der Waals surface area contributed by atoms with Crippen molar-refractivity contribution < 1.29 is 32.4 Å². The van der Waals surface area contributed by atoms with Crippen LogP contribution in [0.2, 0.25) is 0 Å². The Balaban J connectivity index is 0.853. The average Bonchev–Trinajstić information content (AvgIpc) is 3.86. The third-order valence-electron chi connectivity index (χ3n) is 13.5. The lowest BCUT2D eigenvalue weighted by Crippen LogP contribution is -2.53. The third-order valence-corrected chi connectivity index (χ3v) is 14.3. The zero-order valence-electron chi connectivity index (χ0n) is 36.8. The van der Waals surface area contributed by atoms with E-state index in [-0.39, 0.29) is 42.7 Å². The lowest BCUT2D eigenvalue weighted by molar-refractivity contribution is -0.130. The van der Waals surface area contributed by atoms with Crippen LogP contribution in [0.15, 0.2) is 83.7 Å². The van der Waals surface area contributed by atoms with E-state index >= 15 is 4.39 Å². The van der Waals surface area contributed by atoms with Gasteiger partial charge in [0, 0.05) is 53.9 Å². The van der Waals surface area contributed by atoms with Crippen LogP contribution in [-0.2, 0) is 32.0 Å². The molecule has 2 fully saturated rings. The molecule has 2 aliphatic carbocycles. The number of rotatable bonds is 17. The maximum atomic E-state index is 15.2. The Morgan fingerprint density at radius 1 is 0.897 bits per heavy atom. The zero-order chi connectivity index (χ0) is 47.2. The van der Waals surface area contributed by atoms with E-state index in [0.717, 1.165) is 12.8 Å². The topological polar surface area (TPSA) is 218 Å². The first-order valence-corrected chi connectivity index (χ1v) is 23.6. The van der Waals surface area contributed by atoms with E-state index in [9.17, 15) is 34.1 Å². The van der Waals surface area contributed by atoms with Gasteiger partial charge in [0.15, 0.2) is 0 Å². The number of allylic oxidation sites excluding steroid dienone is 1. The van der Waals surface area contributed by atoms with Crippen molar-refractivity contribution >= 4 is 67.8 Å². The van der Waals surface area contributed by atoms with Crippen LogP contribution >= 0.6 is 11.5 Å². The Kier molecular flexibility index (Phi) is 12.0. The first kappa shape index (κ1) is 44.4. The molecular formula is C50H46F2N10O5S. The van der Waals surface area contributed by atoms with Gasteiger partial charge in [-0.05, 0) is 90.5 Å². The van der Waals surface area contributed by atoms with Crippen molar-refractivity contribution in [1.29, 1.82) is 10.5 Å². The smallest absolute Gasteiger partial charge is 0.244 e. The molecule has 8 unspecified atom stereocenters. The normalized spacial score (nSPS) is 21.0. The van der Waals surface area contributed by atoms with Gasteiger partial charge in [0.1, 0.15) is 59.1 Å². The number of nitrogens with zero attached hydrogens (tertiary/aromatic N) is 5. The van der Waals surface area contributed by atoms with Gasteiger partial charge in [-0.3, -0.25) is 24.2 Å². The van der Waals surface area contributed by atoms with Crippen molar-refractivity contribution in [3.05, 3.63) is 119 Å². The molecule has 6 heterocycles. The lowest BCUT2D eigenvalue weighted by Gasteiger charge is -2.26. The molecule has 18 heteroatoms. The Morgan fingerprint density at radius 2 is 1.62 bits per heavy atom. The molecule has 4 aromatic heterocycles. The number of nitriles is 2. The molecule has 0 saturated heterocycles. The predicted octanol–water partition coefficient (Wildman–Crippen LogP) is 6.87. The van der Waals surface area contributed by atoms with Crippen molar-refractivity contribution in [2.75, 3.05) is 10.2 Å². The molecular weight excluding hydrogens is 891 g/mol. The average molecular weight is 937 g/mol. The molecule has 4 amide bonds. The monoisotopic (exact) mass is 936 g/mol. The summed E-state index contributed by atoms with van der Waals surface area (Å²) >= 11 is 1.19. The Morgan fingerprint density at radius 3 is 2.31 bits per heavy atom. The molecule has 346 valence electrons. The van der Waals surface area contributed by atoms with Crippen LogP contribution in [0.5, 0.6) is 0 Å². The minimum atomic E-state index is -1.14. The van der Waals surface area contributed by atoms with Gasteiger partial charge in [-0.2, -0.15) is 14.9 Å². The van der Waals surface area contributed by atoms with E-state index in [2.05, 4.69) is 43.1 Å². The SMILES string of the molecule is CC/C=C\N1c2c(F)cccc2CC1C(=O)NC(CC1CC1c1ncc(C(C#N)NC(=O)C(CC2CC2)NC(=O)C2Cc3cccc(F)c3N2)c2cnsc12)C(=O)NC(C#N)c1cc2ccc1o2. The minimum Gasteiger partial charge on any atom is -0.457 e. The van der Waals surface area contributed by atoms with E-state index < -0.39 is 71.5 Å². The second-order valence-electron chi connectivity index (χ2n) is 18.1. The standard InChI is InChI=1S/C50H46F2N10O5S/c1-2-3-14-62-41(19-27-7-5-9-35(52)45(27)62)50(66)59-38(49(65)60-39(21-53)31-20-29-12-13-42(31)67-29)18-28-16-30(28)44-46-33(24-56-68-46)32(23-55-44)40(22-54)61-47(63)36(15-25-10-11-25)58-48(64)37-17-26-6-4-8-34(51)43(26)57-37/h3-9,12-14,20,23-25,28,30,36-41,57H,2,10-11,15-19H2,1H3,(H,58,64)(H,59,66)(H,60,65)(H,61,63)/b14-3-. The number of para-hydroxylation sites is 2. The van der Waals surface area contributed by atoms with E-state index in [1.807, 2.05) is 13.0 Å². The molecule has 2 aromatic carbocycles. The number of amides is 4. The van der Waals surface area contributed by atoms with Gasteiger partial charge in [-0.25, -0.2) is 8.78 Å². The van der Waals surface area contributed by atoms with Gasteiger partial charge in [0.2, 0.25) is 23.6 Å². The molecule has 6 aromatic rings. The number of fused-ring (bicyclic) bond motifs is 5. The van der Waals surface area contributed by atoms with Crippen LogP contribution in [0.25, 0.3) is 21.3 Å². The number of halogens is 2. The third kappa shape index (κ3) is 8.67. The first-order chi connectivity index (χ1) is 33.0. The summed E-state index contributed by atoms with van der Waals surface area (Å²) in [6.07, 6.45) is 10.9. The van der Waals surface area contributed by atoms with Gasteiger partial charge in [-0.15, -0.1) is 0 Å². The summed E-state index contributed by atoms with van der Waals surface area (Å²) in [6.45, 7) is 1.93. The Hall–Kier alpha value is -7.44. The number of anilines is 2. The number of aromatic nitrogens is 2. The minimum absolute atomic E-state index is 0.139. The van der Waals surface area contributed by atoms with Crippen LogP contribution in [-0.4, -0.2) is 57.2 Å². The predicted molar refractivity (Wildman–Crippen MR) is 248 cm³/mol. The second-order valence-corrected chi connectivity index (χ2v) is 18.9. The summed E-state index contributed by atoms with van der Waals surface area (Å²) in [5.74, 6) is -2.98. The second kappa shape index (κ2) is 18.3. The first-order valence-electron chi connectivity index (χ1n) is 22.8.